The number of rotatable bonds is 1. The maximum absolute atomic E-state index is 11.0. The van der Waals surface area contributed by atoms with Gasteiger partial charge >= 0.3 is 0 Å². The molecule has 1 rings (SSSR count). The molecule has 11 heavy (non-hydrogen) atoms. The number of carbonyl (C=O) groups is 1. The molecule has 0 radical (unpaired) electrons. The molecule has 0 spiro atoms. The third-order valence-electron chi connectivity index (χ3n) is 2.86. The van der Waals surface area contributed by atoms with Crippen LogP contribution >= 0.6 is 0 Å². The quantitative estimate of drug-likeness (QED) is 0.613. The highest BCUT2D eigenvalue weighted by molar-refractivity contribution is 5.76. The second-order valence-corrected chi connectivity index (χ2v) is 3.76. The lowest BCUT2D eigenvalue weighted by atomic mass is 9.80. The van der Waals surface area contributed by atoms with Crippen LogP contribution in [0.25, 0.3) is 0 Å². The van der Waals surface area contributed by atoms with Crippen molar-refractivity contribution in [3.8, 4) is 0 Å². The van der Waals surface area contributed by atoms with Crippen molar-refractivity contribution in [2.45, 2.75) is 39.5 Å². The second-order valence-electron chi connectivity index (χ2n) is 3.76. The Bertz CT molecular complexity index is 156. The Kier molecular flexibility index (Phi) is 2.53. The summed E-state index contributed by atoms with van der Waals surface area (Å²) in [6, 6.07) is 0. The molecule has 0 aromatic rings. The van der Waals surface area contributed by atoms with Crippen LogP contribution in [-0.2, 0) is 4.79 Å². The smallest absolute Gasteiger partial charge is 0.220 e. The number of nitrogens with one attached hydrogen (secondary N) is 1. The molecular formula is C9H17NO. The number of hydrogen-bond acceptors (Lipinski definition) is 1. The van der Waals surface area contributed by atoms with E-state index in [0.717, 1.165) is 19.4 Å². The standard InChI is InChI=1S/C9H17NO/c1-3-9(2)5-4-8(11)10-7-6-9/h3-7H2,1-2H3,(H,10,11). The minimum absolute atomic E-state index is 0.224. The van der Waals surface area contributed by atoms with Gasteiger partial charge in [0.2, 0.25) is 5.91 Å². The molecule has 0 aromatic heterocycles. The Morgan fingerprint density at radius 3 is 2.91 bits per heavy atom. The topological polar surface area (TPSA) is 29.1 Å². The zero-order valence-electron chi connectivity index (χ0n) is 7.44. The molecule has 1 heterocycles. The normalized spacial score (nSPS) is 32.7. The first-order chi connectivity index (χ1) is 5.16. The van der Waals surface area contributed by atoms with E-state index in [1.165, 1.54) is 6.42 Å². The molecule has 1 fully saturated rings. The van der Waals surface area contributed by atoms with E-state index in [4.69, 9.17) is 0 Å². The Morgan fingerprint density at radius 2 is 2.27 bits per heavy atom. The monoisotopic (exact) mass is 155 g/mol. The Labute approximate surface area is 68.4 Å². The first-order valence-electron chi connectivity index (χ1n) is 4.43. The van der Waals surface area contributed by atoms with Gasteiger partial charge < -0.3 is 5.32 Å². The van der Waals surface area contributed by atoms with Gasteiger partial charge in [0, 0.05) is 13.0 Å². The molecule has 0 aromatic carbocycles. The van der Waals surface area contributed by atoms with Gasteiger partial charge in [0.15, 0.2) is 0 Å². The highest BCUT2D eigenvalue weighted by atomic mass is 16.1. The molecule has 2 nitrogen and oxygen atoms in total. The number of amides is 1. The fraction of sp³-hybridized carbons (Fsp3) is 0.889. The van der Waals surface area contributed by atoms with Crippen molar-refractivity contribution in [3.05, 3.63) is 0 Å². The molecule has 1 N–H and O–H groups in total. The van der Waals surface area contributed by atoms with E-state index in [2.05, 4.69) is 19.2 Å². The van der Waals surface area contributed by atoms with Gasteiger partial charge in [0.25, 0.3) is 0 Å². The maximum Gasteiger partial charge on any atom is 0.220 e. The lowest BCUT2D eigenvalue weighted by Crippen LogP contribution is -2.22. The van der Waals surface area contributed by atoms with E-state index in [0.29, 0.717) is 11.8 Å². The van der Waals surface area contributed by atoms with Gasteiger partial charge in [-0.1, -0.05) is 20.3 Å². The average molecular weight is 155 g/mol. The van der Waals surface area contributed by atoms with Gasteiger partial charge in [0.05, 0.1) is 0 Å². The number of hydrogen-bond donors (Lipinski definition) is 1. The van der Waals surface area contributed by atoms with Gasteiger partial charge in [-0.05, 0) is 18.3 Å². The second kappa shape index (κ2) is 3.24. The first-order valence-corrected chi connectivity index (χ1v) is 4.43. The molecule has 0 aliphatic carbocycles. The first kappa shape index (κ1) is 8.57. The minimum Gasteiger partial charge on any atom is -0.356 e. The summed E-state index contributed by atoms with van der Waals surface area (Å²) >= 11 is 0. The fourth-order valence-electron chi connectivity index (χ4n) is 1.49. The van der Waals surface area contributed by atoms with Crippen molar-refractivity contribution in [3.63, 3.8) is 0 Å². The van der Waals surface area contributed by atoms with Crippen LogP contribution in [0, 0.1) is 5.41 Å². The largest absolute Gasteiger partial charge is 0.356 e. The fourth-order valence-corrected chi connectivity index (χ4v) is 1.49. The van der Waals surface area contributed by atoms with E-state index in [-0.39, 0.29) is 5.91 Å². The predicted octanol–water partition coefficient (Wildman–Crippen LogP) is 1.70. The van der Waals surface area contributed by atoms with Crippen molar-refractivity contribution in [1.82, 2.24) is 5.32 Å². The average Bonchev–Trinajstić information content (AvgIpc) is 2.15. The van der Waals surface area contributed by atoms with Crippen molar-refractivity contribution >= 4 is 5.91 Å². The van der Waals surface area contributed by atoms with Crippen molar-refractivity contribution in [2.24, 2.45) is 5.41 Å². The highest BCUT2D eigenvalue weighted by Crippen LogP contribution is 2.32. The van der Waals surface area contributed by atoms with Crippen molar-refractivity contribution in [2.75, 3.05) is 6.54 Å². The van der Waals surface area contributed by atoms with Crippen molar-refractivity contribution in [1.29, 1.82) is 0 Å². The van der Waals surface area contributed by atoms with Crippen LogP contribution in [0.3, 0.4) is 0 Å². The highest BCUT2D eigenvalue weighted by Gasteiger charge is 2.25. The summed E-state index contributed by atoms with van der Waals surface area (Å²) in [4.78, 5) is 11.0. The van der Waals surface area contributed by atoms with Gasteiger partial charge in [-0.3, -0.25) is 4.79 Å². The molecule has 1 saturated heterocycles. The Hall–Kier alpha value is -0.530. The summed E-state index contributed by atoms with van der Waals surface area (Å²) in [5.41, 5.74) is 0.402. The van der Waals surface area contributed by atoms with E-state index in [9.17, 15) is 4.79 Å². The summed E-state index contributed by atoms with van der Waals surface area (Å²) in [7, 11) is 0. The third kappa shape index (κ3) is 2.21. The van der Waals surface area contributed by atoms with Crippen LogP contribution < -0.4 is 5.32 Å². The summed E-state index contributed by atoms with van der Waals surface area (Å²) in [6.07, 6.45) is 4.08. The van der Waals surface area contributed by atoms with Gasteiger partial charge in [-0.2, -0.15) is 0 Å². The van der Waals surface area contributed by atoms with Crippen LogP contribution in [0.5, 0.6) is 0 Å². The summed E-state index contributed by atoms with van der Waals surface area (Å²) in [5, 5.41) is 2.90. The van der Waals surface area contributed by atoms with Crippen LogP contribution in [0.4, 0.5) is 0 Å². The molecule has 1 atom stereocenters. The van der Waals surface area contributed by atoms with E-state index >= 15 is 0 Å². The summed E-state index contributed by atoms with van der Waals surface area (Å²) < 4.78 is 0. The lowest BCUT2D eigenvalue weighted by Gasteiger charge is -2.24. The molecule has 1 aliphatic heterocycles. The molecule has 2 heteroatoms. The minimum atomic E-state index is 0.224. The van der Waals surface area contributed by atoms with E-state index in [1.54, 1.807) is 0 Å². The third-order valence-corrected chi connectivity index (χ3v) is 2.86. The van der Waals surface area contributed by atoms with Crippen LogP contribution in [0.15, 0.2) is 0 Å². The molecule has 64 valence electrons. The van der Waals surface area contributed by atoms with Gasteiger partial charge in [0.1, 0.15) is 0 Å². The molecule has 1 unspecified atom stereocenters. The Balaban J connectivity index is 2.52. The maximum atomic E-state index is 11.0. The predicted molar refractivity (Wildman–Crippen MR) is 45.3 cm³/mol. The van der Waals surface area contributed by atoms with E-state index in [1.807, 2.05) is 0 Å². The molecule has 0 saturated carbocycles. The van der Waals surface area contributed by atoms with Gasteiger partial charge in [-0.15, -0.1) is 0 Å². The molecular weight excluding hydrogens is 138 g/mol. The van der Waals surface area contributed by atoms with Crippen molar-refractivity contribution < 1.29 is 4.79 Å². The zero-order chi connectivity index (χ0) is 8.32. The molecule has 1 amide bonds. The Morgan fingerprint density at radius 1 is 1.55 bits per heavy atom. The lowest BCUT2D eigenvalue weighted by molar-refractivity contribution is -0.120. The van der Waals surface area contributed by atoms with Gasteiger partial charge in [-0.25, -0.2) is 0 Å². The van der Waals surface area contributed by atoms with Crippen LogP contribution in [0.1, 0.15) is 39.5 Å². The van der Waals surface area contributed by atoms with Crippen LogP contribution in [-0.4, -0.2) is 12.5 Å². The summed E-state index contributed by atoms with van der Waals surface area (Å²) in [6.45, 7) is 5.34. The zero-order valence-corrected chi connectivity index (χ0v) is 7.44. The number of carbonyl (C=O) groups excluding carboxylic acids is 1. The summed E-state index contributed by atoms with van der Waals surface area (Å²) in [5.74, 6) is 0.224. The molecule has 0 bridgehead atoms. The molecule has 1 aliphatic rings. The van der Waals surface area contributed by atoms with Crippen LogP contribution in [0.2, 0.25) is 0 Å². The van der Waals surface area contributed by atoms with E-state index < -0.39 is 0 Å². The SMILES string of the molecule is CCC1(C)CCNC(=O)CC1.